The minimum atomic E-state index is 0.139. The third-order valence-electron chi connectivity index (χ3n) is 5.18. The number of hydrogen-bond donors (Lipinski definition) is 1. The molecule has 0 bridgehead atoms. The van der Waals surface area contributed by atoms with Gasteiger partial charge in [-0.2, -0.15) is 0 Å². The van der Waals surface area contributed by atoms with E-state index < -0.39 is 0 Å². The topological polar surface area (TPSA) is 45.2 Å². The Morgan fingerprint density at radius 3 is 2.67 bits per heavy atom. The van der Waals surface area contributed by atoms with Crippen molar-refractivity contribution in [1.82, 2.24) is 15.2 Å². The minimum Gasteiger partial charge on any atom is -0.359 e. The average Bonchev–Trinajstić information content (AvgIpc) is 3.20. The van der Waals surface area contributed by atoms with E-state index in [0.717, 1.165) is 30.2 Å². The third-order valence-corrected chi connectivity index (χ3v) is 7.27. The van der Waals surface area contributed by atoms with Crippen LogP contribution in [0.4, 0.5) is 0 Å². The molecular weight excluding hydrogens is 410 g/mol. The van der Waals surface area contributed by atoms with E-state index in [9.17, 15) is 4.79 Å². The van der Waals surface area contributed by atoms with Gasteiger partial charge in [-0.3, -0.25) is 9.69 Å². The second-order valence-electron chi connectivity index (χ2n) is 7.93. The number of amides is 1. The van der Waals surface area contributed by atoms with E-state index in [-0.39, 0.29) is 11.8 Å². The molecule has 1 N–H and O–H groups in total. The molecule has 0 unspecified atom stereocenters. The zero-order valence-electron chi connectivity index (χ0n) is 17.6. The molecule has 2 aromatic carbocycles. The molecule has 1 amide bonds. The fourth-order valence-corrected chi connectivity index (χ4v) is 5.43. The lowest BCUT2D eigenvalue weighted by Gasteiger charge is -2.38. The largest absolute Gasteiger partial charge is 0.359 e. The normalized spacial score (nSPS) is 14.7. The van der Waals surface area contributed by atoms with Crippen LogP contribution in [-0.4, -0.2) is 41.2 Å². The molecule has 156 valence electrons. The van der Waals surface area contributed by atoms with Gasteiger partial charge in [-0.1, -0.05) is 50.2 Å². The summed E-state index contributed by atoms with van der Waals surface area (Å²) >= 11 is 3.62. The molecule has 4 rings (SSSR count). The monoisotopic (exact) mass is 437 g/mol. The molecule has 0 saturated carbocycles. The summed E-state index contributed by atoms with van der Waals surface area (Å²) in [7, 11) is 1.70. The van der Waals surface area contributed by atoms with Gasteiger partial charge in [0.05, 0.1) is 10.8 Å². The van der Waals surface area contributed by atoms with Crippen molar-refractivity contribution in [2.24, 2.45) is 5.92 Å². The van der Waals surface area contributed by atoms with Crippen molar-refractivity contribution >= 4 is 29.0 Å². The van der Waals surface area contributed by atoms with Crippen molar-refractivity contribution in [1.29, 1.82) is 0 Å². The van der Waals surface area contributed by atoms with E-state index in [0.29, 0.717) is 5.25 Å². The van der Waals surface area contributed by atoms with E-state index in [2.05, 4.69) is 77.6 Å². The minimum absolute atomic E-state index is 0.139. The third kappa shape index (κ3) is 4.94. The number of thiazole rings is 1. The van der Waals surface area contributed by atoms with Gasteiger partial charge in [0.1, 0.15) is 5.01 Å². The Labute approximate surface area is 186 Å². The molecule has 2 heterocycles. The number of benzene rings is 2. The molecule has 1 fully saturated rings. The number of likely N-dealkylation sites (tertiary alicyclic amines) is 1. The number of nitrogens with one attached hydrogen (secondary N) is 1. The molecule has 4 nitrogen and oxygen atoms in total. The molecule has 3 aromatic rings. The van der Waals surface area contributed by atoms with E-state index in [4.69, 9.17) is 0 Å². The van der Waals surface area contributed by atoms with Crippen LogP contribution in [0.5, 0.6) is 0 Å². The van der Waals surface area contributed by atoms with Crippen LogP contribution in [0.3, 0.4) is 0 Å². The van der Waals surface area contributed by atoms with Crippen molar-refractivity contribution in [3.8, 4) is 21.0 Å². The predicted molar refractivity (Wildman–Crippen MR) is 127 cm³/mol. The molecule has 1 aliphatic rings. The van der Waals surface area contributed by atoms with Gasteiger partial charge in [0, 0.05) is 48.6 Å². The number of rotatable bonds is 7. The summed E-state index contributed by atoms with van der Waals surface area (Å²) in [4.78, 5) is 21.1. The summed E-state index contributed by atoms with van der Waals surface area (Å²) in [6, 6.07) is 17.3. The lowest BCUT2D eigenvalue weighted by molar-refractivity contribution is -0.129. The smallest absolute Gasteiger partial charge is 0.225 e. The van der Waals surface area contributed by atoms with Crippen LogP contribution in [0.1, 0.15) is 19.4 Å². The van der Waals surface area contributed by atoms with Crippen LogP contribution in [0, 0.1) is 5.92 Å². The SMILES string of the molecule is CNC(=O)C1CN(Cc2ccc(-c3ncc(-c4cccc(SC(C)C)c4)s3)cc2)C1. The maximum absolute atomic E-state index is 11.6. The first-order chi connectivity index (χ1) is 14.5. The number of aromatic nitrogens is 1. The van der Waals surface area contributed by atoms with Crippen LogP contribution in [0.15, 0.2) is 59.6 Å². The first-order valence-electron chi connectivity index (χ1n) is 10.3. The zero-order valence-corrected chi connectivity index (χ0v) is 19.2. The summed E-state index contributed by atoms with van der Waals surface area (Å²) in [5, 5.41) is 4.34. The quantitative estimate of drug-likeness (QED) is 0.519. The standard InChI is InChI=1S/C24H27N3OS2/c1-16(2)29-21-6-4-5-19(11-21)22-12-26-24(30-22)18-9-7-17(8-10-18)13-27-14-20(15-27)23(28)25-3/h4-12,16,20H,13-15H2,1-3H3,(H,25,28). The van der Waals surface area contributed by atoms with E-state index in [1.807, 2.05) is 18.0 Å². The zero-order chi connectivity index (χ0) is 21.1. The molecule has 0 spiro atoms. The highest BCUT2D eigenvalue weighted by Crippen LogP contribution is 2.34. The van der Waals surface area contributed by atoms with Crippen molar-refractivity contribution < 1.29 is 4.79 Å². The van der Waals surface area contributed by atoms with E-state index in [1.54, 1.807) is 18.4 Å². The highest BCUT2D eigenvalue weighted by atomic mass is 32.2. The van der Waals surface area contributed by atoms with Crippen LogP contribution >= 0.6 is 23.1 Å². The van der Waals surface area contributed by atoms with Gasteiger partial charge in [-0.05, 0) is 23.3 Å². The molecular formula is C24H27N3OS2. The Hall–Kier alpha value is -2.15. The number of carbonyl (C=O) groups excluding carboxylic acids is 1. The molecule has 0 radical (unpaired) electrons. The Morgan fingerprint density at radius 2 is 1.97 bits per heavy atom. The van der Waals surface area contributed by atoms with Crippen LogP contribution < -0.4 is 5.32 Å². The van der Waals surface area contributed by atoms with Gasteiger partial charge in [0.2, 0.25) is 5.91 Å². The predicted octanol–water partition coefficient (Wildman–Crippen LogP) is 5.16. The fourth-order valence-electron chi connectivity index (χ4n) is 3.62. The van der Waals surface area contributed by atoms with Crippen molar-refractivity contribution in [3.63, 3.8) is 0 Å². The van der Waals surface area contributed by atoms with Gasteiger partial charge in [-0.25, -0.2) is 4.98 Å². The average molecular weight is 438 g/mol. The Balaban J connectivity index is 1.40. The van der Waals surface area contributed by atoms with Gasteiger partial charge in [-0.15, -0.1) is 23.1 Å². The molecule has 0 atom stereocenters. The molecule has 6 heteroatoms. The van der Waals surface area contributed by atoms with Crippen LogP contribution in [-0.2, 0) is 11.3 Å². The van der Waals surface area contributed by atoms with E-state index >= 15 is 0 Å². The molecule has 1 aliphatic heterocycles. The van der Waals surface area contributed by atoms with Crippen molar-refractivity contribution in [2.45, 2.75) is 30.5 Å². The number of carbonyl (C=O) groups is 1. The van der Waals surface area contributed by atoms with Crippen LogP contribution in [0.2, 0.25) is 0 Å². The summed E-state index contributed by atoms with van der Waals surface area (Å²) in [5.74, 6) is 0.287. The maximum atomic E-state index is 11.6. The molecule has 0 aliphatic carbocycles. The summed E-state index contributed by atoms with van der Waals surface area (Å²) < 4.78 is 0. The Kier molecular flexibility index (Phi) is 6.56. The highest BCUT2D eigenvalue weighted by Gasteiger charge is 2.31. The maximum Gasteiger partial charge on any atom is 0.225 e. The van der Waals surface area contributed by atoms with Gasteiger partial charge in [0.25, 0.3) is 0 Å². The summed E-state index contributed by atoms with van der Waals surface area (Å²) in [6.45, 7) is 7.00. The van der Waals surface area contributed by atoms with Gasteiger partial charge >= 0.3 is 0 Å². The fraction of sp³-hybridized carbons (Fsp3) is 0.333. The number of nitrogens with zero attached hydrogens (tertiary/aromatic N) is 2. The summed E-state index contributed by atoms with van der Waals surface area (Å²) in [6.07, 6.45) is 1.98. The second-order valence-corrected chi connectivity index (χ2v) is 10.6. The number of hydrogen-bond acceptors (Lipinski definition) is 5. The lowest BCUT2D eigenvalue weighted by atomic mass is 9.98. The van der Waals surface area contributed by atoms with Gasteiger partial charge < -0.3 is 5.32 Å². The first-order valence-corrected chi connectivity index (χ1v) is 12.0. The lowest BCUT2D eigenvalue weighted by Crippen LogP contribution is -2.52. The highest BCUT2D eigenvalue weighted by molar-refractivity contribution is 7.99. The van der Waals surface area contributed by atoms with Gasteiger partial charge in [0.15, 0.2) is 0 Å². The molecule has 30 heavy (non-hydrogen) atoms. The second kappa shape index (κ2) is 9.33. The number of thioether (sulfide) groups is 1. The van der Waals surface area contributed by atoms with Crippen LogP contribution in [0.25, 0.3) is 21.0 Å². The molecule has 1 aromatic heterocycles. The Morgan fingerprint density at radius 1 is 1.20 bits per heavy atom. The van der Waals surface area contributed by atoms with E-state index in [1.165, 1.54) is 20.9 Å². The summed E-state index contributed by atoms with van der Waals surface area (Å²) in [5.41, 5.74) is 3.64. The Bertz CT molecular complexity index is 1010. The first kappa shape index (κ1) is 21.1. The van der Waals surface area contributed by atoms with Crippen molar-refractivity contribution in [3.05, 3.63) is 60.3 Å². The van der Waals surface area contributed by atoms with Crippen molar-refractivity contribution in [2.75, 3.05) is 20.1 Å². The molecule has 1 saturated heterocycles.